The standard InChI is InChI=1S/C15H23ClN2/c1-3-5-6-7-8-11-14(17-4-2)15-13(16)10-9-12-18-15/h3,9-10,12,14,17H,1,4-8,11H2,2H3. The number of unbranched alkanes of at least 4 members (excludes halogenated alkanes) is 3. The molecule has 0 amide bonds. The van der Waals surface area contributed by atoms with Crippen molar-refractivity contribution < 1.29 is 0 Å². The van der Waals surface area contributed by atoms with Gasteiger partial charge in [-0.3, -0.25) is 4.98 Å². The molecule has 1 rings (SSSR count). The molecule has 1 aromatic rings. The highest BCUT2D eigenvalue weighted by Crippen LogP contribution is 2.24. The first-order valence-corrected chi connectivity index (χ1v) is 7.12. The Morgan fingerprint density at radius 3 is 2.94 bits per heavy atom. The predicted molar refractivity (Wildman–Crippen MR) is 78.9 cm³/mol. The SMILES string of the molecule is C=CCCCCCC(NCC)c1ncccc1Cl. The molecule has 0 fully saturated rings. The van der Waals surface area contributed by atoms with E-state index >= 15 is 0 Å². The average Bonchev–Trinajstić information content (AvgIpc) is 2.38. The molecule has 0 aromatic carbocycles. The monoisotopic (exact) mass is 266 g/mol. The molecule has 0 bridgehead atoms. The van der Waals surface area contributed by atoms with Crippen LogP contribution in [-0.2, 0) is 0 Å². The maximum Gasteiger partial charge on any atom is 0.0758 e. The second kappa shape index (κ2) is 9.12. The van der Waals surface area contributed by atoms with Gasteiger partial charge in [-0.1, -0.05) is 37.4 Å². The van der Waals surface area contributed by atoms with Gasteiger partial charge in [-0.05, 0) is 37.9 Å². The van der Waals surface area contributed by atoms with E-state index in [0.29, 0.717) is 0 Å². The van der Waals surface area contributed by atoms with Crippen molar-refractivity contribution in [1.29, 1.82) is 0 Å². The molecule has 0 radical (unpaired) electrons. The molecule has 0 saturated carbocycles. The Hall–Kier alpha value is -0.860. The number of aromatic nitrogens is 1. The Bertz CT molecular complexity index is 352. The summed E-state index contributed by atoms with van der Waals surface area (Å²) in [6.45, 7) is 6.79. The topological polar surface area (TPSA) is 24.9 Å². The summed E-state index contributed by atoms with van der Waals surface area (Å²) in [7, 11) is 0. The molecule has 18 heavy (non-hydrogen) atoms. The molecule has 2 nitrogen and oxygen atoms in total. The molecule has 1 N–H and O–H groups in total. The minimum atomic E-state index is 0.271. The fourth-order valence-electron chi connectivity index (χ4n) is 2.05. The van der Waals surface area contributed by atoms with Crippen molar-refractivity contribution >= 4 is 11.6 Å². The number of nitrogens with zero attached hydrogens (tertiary/aromatic N) is 1. The van der Waals surface area contributed by atoms with Gasteiger partial charge < -0.3 is 5.32 Å². The number of halogens is 1. The first-order chi connectivity index (χ1) is 8.79. The van der Waals surface area contributed by atoms with Crippen molar-refractivity contribution in [3.8, 4) is 0 Å². The van der Waals surface area contributed by atoms with E-state index in [1.807, 2.05) is 24.4 Å². The zero-order chi connectivity index (χ0) is 13.2. The number of hydrogen-bond donors (Lipinski definition) is 1. The van der Waals surface area contributed by atoms with E-state index in [9.17, 15) is 0 Å². The van der Waals surface area contributed by atoms with Gasteiger partial charge in [0.05, 0.1) is 16.8 Å². The fraction of sp³-hybridized carbons (Fsp3) is 0.533. The van der Waals surface area contributed by atoms with Gasteiger partial charge in [-0.15, -0.1) is 6.58 Å². The van der Waals surface area contributed by atoms with E-state index in [2.05, 4.69) is 23.8 Å². The van der Waals surface area contributed by atoms with E-state index in [0.717, 1.165) is 30.1 Å². The van der Waals surface area contributed by atoms with Gasteiger partial charge in [-0.25, -0.2) is 0 Å². The van der Waals surface area contributed by atoms with Gasteiger partial charge in [0, 0.05) is 6.20 Å². The molecular weight excluding hydrogens is 244 g/mol. The van der Waals surface area contributed by atoms with Crippen LogP contribution in [0.2, 0.25) is 5.02 Å². The van der Waals surface area contributed by atoms with Crippen LogP contribution in [0.25, 0.3) is 0 Å². The normalized spacial score (nSPS) is 12.3. The smallest absolute Gasteiger partial charge is 0.0758 e. The molecule has 0 aliphatic heterocycles. The highest BCUT2D eigenvalue weighted by Gasteiger charge is 2.14. The second-order valence-electron chi connectivity index (χ2n) is 4.41. The van der Waals surface area contributed by atoms with E-state index < -0.39 is 0 Å². The van der Waals surface area contributed by atoms with Crippen LogP contribution in [0, 0.1) is 0 Å². The zero-order valence-electron chi connectivity index (χ0n) is 11.2. The lowest BCUT2D eigenvalue weighted by atomic mass is 10.0. The number of rotatable bonds is 9. The Kier molecular flexibility index (Phi) is 7.70. The molecule has 3 heteroatoms. The highest BCUT2D eigenvalue weighted by molar-refractivity contribution is 6.31. The number of pyridine rings is 1. The van der Waals surface area contributed by atoms with Gasteiger partial charge in [-0.2, -0.15) is 0 Å². The van der Waals surface area contributed by atoms with Gasteiger partial charge in [0.1, 0.15) is 0 Å². The van der Waals surface area contributed by atoms with Crippen LogP contribution in [0.1, 0.15) is 50.8 Å². The molecule has 1 aromatic heterocycles. The largest absolute Gasteiger partial charge is 0.309 e. The molecule has 0 aliphatic carbocycles. The third-order valence-corrected chi connectivity index (χ3v) is 3.29. The van der Waals surface area contributed by atoms with Crippen LogP contribution in [0.15, 0.2) is 31.0 Å². The van der Waals surface area contributed by atoms with Crippen molar-refractivity contribution in [2.75, 3.05) is 6.54 Å². The van der Waals surface area contributed by atoms with E-state index in [-0.39, 0.29) is 6.04 Å². The molecule has 0 spiro atoms. The second-order valence-corrected chi connectivity index (χ2v) is 4.81. The van der Waals surface area contributed by atoms with Crippen molar-refractivity contribution in [1.82, 2.24) is 10.3 Å². The summed E-state index contributed by atoms with van der Waals surface area (Å²) < 4.78 is 0. The Labute approximate surface area is 115 Å². The molecule has 1 unspecified atom stereocenters. The van der Waals surface area contributed by atoms with E-state index in [1.54, 1.807) is 0 Å². The summed E-state index contributed by atoms with van der Waals surface area (Å²) in [5, 5.41) is 4.22. The van der Waals surface area contributed by atoms with E-state index in [4.69, 9.17) is 11.6 Å². The van der Waals surface area contributed by atoms with Gasteiger partial charge in [0.25, 0.3) is 0 Å². The molecule has 0 saturated heterocycles. The van der Waals surface area contributed by atoms with Crippen LogP contribution >= 0.6 is 11.6 Å². The third kappa shape index (κ3) is 5.19. The lowest BCUT2D eigenvalue weighted by Gasteiger charge is -2.18. The minimum absolute atomic E-state index is 0.271. The summed E-state index contributed by atoms with van der Waals surface area (Å²) in [6, 6.07) is 4.05. The Morgan fingerprint density at radius 1 is 1.44 bits per heavy atom. The third-order valence-electron chi connectivity index (χ3n) is 2.97. The lowest BCUT2D eigenvalue weighted by molar-refractivity contribution is 0.474. The van der Waals surface area contributed by atoms with E-state index in [1.165, 1.54) is 19.3 Å². The van der Waals surface area contributed by atoms with Crippen molar-refractivity contribution in [2.24, 2.45) is 0 Å². The summed E-state index contributed by atoms with van der Waals surface area (Å²) in [5.74, 6) is 0. The fourth-order valence-corrected chi connectivity index (χ4v) is 2.30. The van der Waals surface area contributed by atoms with Crippen LogP contribution in [0.3, 0.4) is 0 Å². The minimum Gasteiger partial charge on any atom is -0.309 e. The van der Waals surface area contributed by atoms with Crippen LogP contribution in [0.5, 0.6) is 0 Å². The quantitative estimate of drug-likeness (QED) is 0.525. The molecular formula is C15H23ClN2. The summed E-state index contributed by atoms with van der Waals surface area (Å²) >= 11 is 6.20. The zero-order valence-corrected chi connectivity index (χ0v) is 11.9. The average molecular weight is 267 g/mol. The van der Waals surface area contributed by atoms with Crippen molar-refractivity contribution in [3.05, 3.63) is 41.7 Å². The first kappa shape index (κ1) is 15.2. The summed E-state index contributed by atoms with van der Waals surface area (Å²) in [5.41, 5.74) is 0.977. The maximum absolute atomic E-state index is 6.20. The molecule has 100 valence electrons. The number of nitrogens with one attached hydrogen (secondary N) is 1. The lowest BCUT2D eigenvalue weighted by Crippen LogP contribution is -2.22. The van der Waals surface area contributed by atoms with Crippen LogP contribution < -0.4 is 5.32 Å². The van der Waals surface area contributed by atoms with Gasteiger partial charge in [0.2, 0.25) is 0 Å². The van der Waals surface area contributed by atoms with Gasteiger partial charge >= 0.3 is 0 Å². The number of allylic oxidation sites excluding steroid dienone is 1. The summed E-state index contributed by atoms with van der Waals surface area (Å²) in [6.07, 6.45) is 9.63. The molecule has 0 aliphatic rings. The highest BCUT2D eigenvalue weighted by atomic mass is 35.5. The maximum atomic E-state index is 6.20. The molecule has 1 atom stereocenters. The van der Waals surface area contributed by atoms with Crippen LogP contribution in [0.4, 0.5) is 0 Å². The first-order valence-electron chi connectivity index (χ1n) is 6.74. The van der Waals surface area contributed by atoms with Crippen molar-refractivity contribution in [2.45, 2.75) is 45.1 Å². The molecule has 1 heterocycles. The van der Waals surface area contributed by atoms with Gasteiger partial charge in [0.15, 0.2) is 0 Å². The van der Waals surface area contributed by atoms with Crippen LogP contribution in [-0.4, -0.2) is 11.5 Å². The summed E-state index contributed by atoms with van der Waals surface area (Å²) in [4.78, 5) is 4.40. The van der Waals surface area contributed by atoms with Crippen molar-refractivity contribution in [3.63, 3.8) is 0 Å². The Morgan fingerprint density at radius 2 is 2.28 bits per heavy atom. The number of hydrogen-bond acceptors (Lipinski definition) is 2. The predicted octanol–water partition coefficient (Wildman–Crippen LogP) is 4.52. The Balaban J connectivity index is 2.49.